The van der Waals surface area contributed by atoms with E-state index in [-0.39, 0.29) is 5.91 Å². The molecular weight excluding hydrogens is 424 g/mol. The van der Waals surface area contributed by atoms with Crippen molar-refractivity contribution in [3.63, 3.8) is 0 Å². The first-order valence-corrected chi connectivity index (χ1v) is 10.5. The first-order chi connectivity index (χ1) is 16.1. The number of hydrogen-bond donors (Lipinski definition) is 2. The van der Waals surface area contributed by atoms with Crippen LogP contribution in [0.15, 0.2) is 42.6 Å². The van der Waals surface area contributed by atoms with Crippen LogP contribution in [0.5, 0.6) is 11.5 Å². The molecule has 1 aromatic carbocycles. The number of pyridine rings is 1. The summed E-state index contributed by atoms with van der Waals surface area (Å²) >= 11 is 0. The van der Waals surface area contributed by atoms with E-state index in [4.69, 9.17) is 24.2 Å². The molecule has 1 amide bonds. The third kappa shape index (κ3) is 5.12. The smallest absolute Gasteiger partial charge is 0.269 e. The summed E-state index contributed by atoms with van der Waals surface area (Å²) in [6.45, 7) is 2.66. The molecule has 3 aromatic rings. The van der Waals surface area contributed by atoms with Gasteiger partial charge in [-0.15, -0.1) is 0 Å². The fourth-order valence-electron chi connectivity index (χ4n) is 3.42. The number of carbonyl (C=O) groups is 1. The Morgan fingerprint density at radius 3 is 2.48 bits per heavy atom. The van der Waals surface area contributed by atoms with Crippen molar-refractivity contribution in [1.29, 1.82) is 0 Å². The minimum Gasteiger partial charge on any atom is -0.493 e. The molecule has 10 heteroatoms. The lowest BCUT2D eigenvalue weighted by atomic mass is 10.1. The van der Waals surface area contributed by atoms with Crippen LogP contribution < -0.4 is 25.0 Å². The number of ether oxygens (including phenoxy) is 3. The molecule has 3 heterocycles. The molecule has 0 bridgehead atoms. The van der Waals surface area contributed by atoms with Crippen LogP contribution >= 0.6 is 0 Å². The van der Waals surface area contributed by atoms with Crippen LogP contribution in [0.2, 0.25) is 0 Å². The molecule has 0 unspecified atom stereocenters. The van der Waals surface area contributed by atoms with Crippen molar-refractivity contribution in [3.8, 4) is 22.8 Å². The molecule has 33 heavy (non-hydrogen) atoms. The summed E-state index contributed by atoms with van der Waals surface area (Å²) in [4.78, 5) is 27.6. The van der Waals surface area contributed by atoms with Gasteiger partial charge < -0.3 is 29.7 Å². The van der Waals surface area contributed by atoms with Gasteiger partial charge in [0.15, 0.2) is 11.5 Å². The average Bonchev–Trinajstić information content (AvgIpc) is 2.88. The maximum atomic E-state index is 11.8. The predicted molar refractivity (Wildman–Crippen MR) is 125 cm³/mol. The summed E-state index contributed by atoms with van der Waals surface area (Å²) in [5.74, 6) is 2.22. The van der Waals surface area contributed by atoms with E-state index in [0.717, 1.165) is 11.3 Å². The van der Waals surface area contributed by atoms with Crippen molar-refractivity contribution >= 4 is 23.4 Å². The van der Waals surface area contributed by atoms with Gasteiger partial charge >= 0.3 is 0 Å². The van der Waals surface area contributed by atoms with Crippen molar-refractivity contribution in [2.75, 3.05) is 57.8 Å². The van der Waals surface area contributed by atoms with Gasteiger partial charge in [-0.1, -0.05) is 0 Å². The van der Waals surface area contributed by atoms with E-state index in [1.54, 1.807) is 39.6 Å². The second-order valence-corrected chi connectivity index (χ2v) is 7.24. The SMILES string of the molecule is CNC(=O)c1ccc(Nc2cc(-c3ccc(OC)c(OC)c3)nc(N3CCOCC3)n2)cn1. The Morgan fingerprint density at radius 2 is 1.82 bits per heavy atom. The third-order valence-electron chi connectivity index (χ3n) is 5.18. The Morgan fingerprint density at radius 1 is 1.03 bits per heavy atom. The second-order valence-electron chi connectivity index (χ2n) is 7.24. The lowest BCUT2D eigenvalue weighted by Crippen LogP contribution is -2.37. The molecular formula is C23H26N6O4. The van der Waals surface area contributed by atoms with E-state index in [2.05, 4.69) is 20.5 Å². The van der Waals surface area contributed by atoms with Gasteiger partial charge in [-0.3, -0.25) is 4.79 Å². The monoisotopic (exact) mass is 450 g/mol. The zero-order valence-electron chi connectivity index (χ0n) is 18.8. The number of morpholine rings is 1. The van der Waals surface area contributed by atoms with Crippen LogP contribution in [0.25, 0.3) is 11.3 Å². The molecule has 10 nitrogen and oxygen atoms in total. The van der Waals surface area contributed by atoms with Crippen LogP contribution in [0.4, 0.5) is 17.5 Å². The number of methoxy groups -OCH3 is 2. The standard InChI is InChI=1S/C23H26N6O4/c1-24-22(30)17-6-5-16(14-25-17)26-21-13-18(15-4-7-19(31-2)20(12-15)32-3)27-23(28-21)29-8-10-33-11-9-29/h4-7,12-14H,8-11H2,1-3H3,(H,24,30)(H,26,27,28). The molecule has 0 aliphatic carbocycles. The molecule has 172 valence electrons. The third-order valence-corrected chi connectivity index (χ3v) is 5.18. The van der Waals surface area contributed by atoms with Crippen molar-refractivity contribution in [2.24, 2.45) is 0 Å². The fraction of sp³-hybridized carbons (Fsp3) is 0.304. The molecule has 1 aliphatic rings. The van der Waals surface area contributed by atoms with Gasteiger partial charge in [-0.2, -0.15) is 4.98 Å². The first kappa shape index (κ1) is 22.3. The van der Waals surface area contributed by atoms with Gasteiger partial charge in [0.25, 0.3) is 5.91 Å². The number of carbonyl (C=O) groups excluding carboxylic acids is 1. The topological polar surface area (TPSA) is 111 Å². The van der Waals surface area contributed by atoms with E-state index in [1.165, 1.54) is 0 Å². The number of nitrogens with zero attached hydrogens (tertiary/aromatic N) is 4. The fourth-order valence-corrected chi connectivity index (χ4v) is 3.42. The molecule has 4 rings (SSSR count). The van der Waals surface area contributed by atoms with E-state index in [1.807, 2.05) is 24.3 Å². The molecule has 0 atom stereocenters. The quantitative estimate of drug-likeness (QED) is 0.561. The molecule has 1 saturated heterocycles. The molecule has 0 spiro atoms. The second kappa shape index (κ2) is 10.1. The lowest BCUT2D eigenvalue weighted by molar-refractivity contribution is 0.0958. The minimum atomic E-state index is -0.242. The zero-order chi connectivity index (χ0) is 23.2. The van der Waals surface area contributed by atoms with Gasteiger partial charge in [-0.25, -0.2) is 9.97 Å². The van der Waals surface area contributed by atoms with E-state index in [0.29, 0.717) is 60.9 Å². The van der Waals surface area contributed by atoms with Crippen LogP contribution in [0.1, 0.15) is 10.5 Å². The van der Waals surface area contributed by atoms with Crippen molar-refractivity contribution in [2.45, 2.75) is 0 Å². The predicted octanol–water partition coefficient (Wildman–Crippen LogP) is 2.50. The molecule has 2 aromatic heterocycles. The highest BCUT2D eigenvalue weighted by atomic mass is 16.5. The maximum Gasteiger partial charge on any atom is 0.269 e. The van der Waals surface area contributed by atoms with E-state index < -0.39 is 0 Å². The summed E-state index contributed by atoms with van der Waals surface area (Å²) in [5.41, 5.74) is 2.63. The number of anilines is 3. The van der Waals surface area contributed by atoms with E-state index >= 15 is 0 Å². The molecule has 2 N–H and O–H groups in total. The molecule has 1 aliphatic heterocycles. The zero-order valence-corrected chi connectivity index (χ0v) is 18.8. The Hall–Kier alpha value is -3.92. The number of aromatic nitrogens is 3. The van der Waals surface area contributed by atoms with Crippen molar-refractivity contribution in [1.82, 2.24) is 20.3 Å². The highest BCUT2D eigenvalue weighted by Crippen LogP contribution is 2.33. The van der Waals surface area contributed by atoms with Crippen molar-refractivity contribution < 1.29 is 19.0 Å². The van der Waals surface area contributed by atoms with Gasteiger partial charge in [0.05, 0.1) is 45.0 Å². The van der Waals surface area contributed by atoms with Crippen LogP contribution in [0, 0.1) is 0 Å². The highest BCUT2D eigenvalue weighted by molar-refractivity contribution is 5.92. The van der Waals surface area contributed by atoms with Crippen LogP contribution in [-0.2, 0) is 4.74 Å². The minimum absolute atomic E-state index is 0.242. The first-order valence-electron chi connectivity index (χ1n) is 10.5. The Kier molecular flexibility index (Phi) is 6.84. The molecule has 0 radical (unpaired) electrons. The number of nitrogens with one attached hydrogen (secondary N) is 2. The number of benzene rings is 1. The van der Waals surface area contributed by atoms with Gasteiger partial charge in [-0.05, 0) is 30.3 Å². The molecule has 1 fully saturated rings. The van der Waals surface area contributed by atoms with Crippen LogP contribution in [0.3, 0.4) is 0 Å². The number of amides is 1. The van der Waals surface area contributed by atoms with Gasteiger partial charge in [0.1, 0.15) is 11.5 Å². The number of rotatable bonds is 7. The van der Waals surface area contributed by atoms with Gasteiger partial charge in [0, 0.05) is 31.8 Å². The van der Waals surface area contributed by atoms with Crippen LogP contribution in [-0.4, -0.2) is 68.4 Å². The summed E-state index contributed by atoms with van der Waals surface area (Å²) < 4.78 is 16.3. The Balaban J connectivity index is 1.70. The Bertz CT molecular complexity index is 1120. The normalized spacial score (nSPS) is 13.4. The molecule has 0 saturated carbocycles. The van der Waals surface area contributed by atoms with Crippen molar-refractivity contribution in [3.05, 3.63) is 48.3 Å². The highest BCUT2D eigenvalue weighted by Gasteiger charge is 2.17. The van der Waals surface area contributed by atoms with E-state index in [9.17, 15) is 4.79 Å². The summed E-state index contributed by atoms with van der Waals surface area (Å²) in [7, 11) is 4.77. The lowest BCUT2D eigenvalue weighted by Gasteiger charge is -2.27. The summed E-state index contributed by atoms with van der Waals surface area (Å²) in [6.07, 6.45) is 1.59. The largest absolute Gasteiger partial charge is 0.493 e. The average molecular weight is 450 g/mol. The van der Waals surface area contributed by atoms with Gasteiger partial charge in [0.2, 0.25) is 5.95 Å². The maximum absolute atomic E-state index is 11.8. The number of hydrogen-bond acceptors (Lipinski definition) is 9. The summed E-state index contributed by atoms with van der Waals surface area (Å²) in [6, 6.07) is 11.0. The Labute approximate surface area is 191 Å². The summed E-state index contributed by atoms with van der Waals surface area (Å²) in [5, 5.41) is 5.83.